The van der Waals surface area contributed by atoms with Gasteiger partial charge < -0.3 is 35.8 Å². The van der Waals surface area contributed by atoms with Crippen LogP contribution in [0.25, 0.3) is 5.48 Å². The fourth-order valence-corrected chi connectivity index (χ4v) is 3.84. The van der Waals surface area contributed by atoms with E-state index in [1.165, 1.54) is 20.3 Å². The van der Waals surface area contributed by atoms with Gasteiger partial charge in [0.2, 0.25) is 11.9 Å². The van der Waals surface area contributed by atoms with E-state index in [9.17, 15) is 9.18 Å². The zero-order valence-corrected chi connectivity index (χ0v) is 24.5. The number of hydrogen-bond acceptors (Lipinski definition) is 8. The molecule has 0 aromatic carbocycles. The van der Waals surface area contributed by atoms with Crippen LogP contribution in [0.2, 0.25) is 0 Å². The van der Waals surface area contributed by atoms with E-state index >= 15 is 0 Å². The first-order chi connectivity index (χ1) is 16.5. The smallest absolute Gasteiger partial charge is 0.252 e. The number of rotatable bonds is 15. The summed E-state index contributed by atoms with van der Waals surface area (Å²) in [6.07, 6.45) is 6.71. The van der Waals surface area contributed by atoms with Gasteiger partial charge in [-0.2, -0.15) is 4.39 Å². The summed E-state index contributed by atoms with van der Waals surface area (Å²) in [7, 11) is 2.77. The van der Waals surface area contributed by atoms with Gasteiger partial charge in [0.15, 0.2) is 0 Å². The molecule has 0 aromatic rings. The van der Waals surface area contributed by atoms with Crippen LogP contribution in [0.4, 0.5) is 4.39 Å². The van der Waals surface area contributed by atoms with E-state index in [2.05, 4.69) is 16.1 Å². The fraction of sp³-hybridized carbons (Fsp3) is 0.667. The van der Waals surface area contributed by atoms with Crippen LogP contribution in [-0.2, 0) is 40.2 Å². The number of amides is 1. The summed E-state index contributed by atoms with van der Waals surface area (Å²) in [6, 6.07) is -0.700. The molecule has 12 heteroatoms. The second-order valence-corrected chi connectivity index (χ2v) is 9.90. The van der Waals surface area contributed by atoms with Crippen LogP contribution in [0, 0.1) is 34.0 Å². The summed E-state index contributed by atoms with van der Waals surface area (Å²) in [5, 5.41) is 28.2. The maximum atomic E-state index is 14.2. The number of allylic oxidation sites excluding steroid dienone is 2. The van der Waals surface area contributed by atoms with Gasteiger partial charge in [-0.15, -0.1) is 5.54 Å². The van der Waals surface area contributed by atoms with Crippen LogP contribution in [0.1, 0.15) is 46.5 Å². The van der Waals surface area contributed by atoms with Crippen molar-refractivity contribution < 1.29 is 44.6 Å². The first-order valence-corrected chi connectivity index (χ1v) is 11.7. The Morgan fingerprint density at radius 2 is 1.75 bits per heavy atom. The van der Waals surface area contributed by atoms with E-state index in [1.807, 2.05) is 20.8 Å². The molecule has 1 amide bonds. The Kier molecular flexibility index (Phi) is 13.1. The van der Waals surface area contributed by atoms with Crippen molar-refractivity contribution in [3.05, 3.63) is 29.0 Å². The second kappa shape index (κ2) is 14.7. The van der Waals surface area contributed by atoms with E-state index in [1.54, 1.807) is 0 Å². The first kappa shape index (κ1) is 32.1. The van der Waals surface area contributed by atoms with Crippen molar-refractivity contribution in [2.75, 3.05) is 20.8 Å². The Morgan fingerprint density at radius 3 is 2.17 bits per heavy atom. The van der Waals surface area contributed by atoms with Crippen LogP contribution in [-0.4, -0.2) is 62.5 Å². The third-order valence-corrected chi connectivity index (χ3v) is 5.74. The molecule has 0 heterocycles. The molecule has 0 saturated heterocycles. The topological polar surface area (TPSA) is 154 Å². The molecule has 0 aromatic heterocycles. The summed E-state index contributed by atoms with van der Waals surface area (Å²) < 4.78 is 24.3. The molecular formula is C24H38FN6O4W-. The van der Waals surface area contributed by atoms with E-state index in [4.69, 9.17) is 30.5 Å². The number of ether oxygens (including phenoxy) is 2. The number of halogens is 1. The molecule has 2 atom stereocenters. The molecule has 2 fully saturated rings. The van der Waals surface area contributed by atoms with Crippen LogP contribution in [0.3, 0.4) is 0 Å². The van der Waals surface area contributed by atoms with Crippen molar-refractivity contribution >= 4 is 24.0 Å². The molecular weight excluding hydrogens is 639 g/mol. The van der Waals surface area contributed by atoms with Crippen molar-refractivity contribution in [1.82, 2.24) is 10.6 Å². The van der Waals surface area contributed by atoms with Crippen molar-refractivity contribution in [3.8, 4) is 0 Å². The Bertz CT molecular complexity index is 840. The van der Waals surface area contributed by atoms with Gasteiger partial charge in [-0.25, -0.2) is 0 Å². The summed E-state index contributed by atoms with van der Waals surface area (Å²) in [4.78, 5) is 19.1. The molecule has 10 nitrogen and oxygen atoms in total. The minimum absolute atomic E-state index is 0. The predicted octanol–water partition coefficient (Wildman–Crippen LogP) is 3.60. The van der Waals surface area contributed by atoms with Crippen molar-refractivity contribution in [3.63, 3.8) is 0 Å². The van der Waals surface area contributed by atoms with E-state index in [-0.39, 0.29) is 50.8 Å². The number of nitrogens with zero attached hydrogens (tertiary/aromatic N) is 1. The molecule has 0 radical (unpaired) electrons. The average Bonchev–Trinajstić information content (AvgIpc) is 3.70. The third kappa shape index (κ3) is 10.2. The molecule has 202 valence electrons. The molecule has 5 N–H and O–H groups in total. The molecule has 2 saturated carbocycles. The van der Waals surface area contributed by atoms with Gasteiger partial charge in [0.1, 0.15) is 11.8 Å². The molecule has 2 rings (SSSR count). The summed E-state index contributed by atoms with van der Waals surface area (Å²) in [5.74, 6) is -1.35. The van der Waals surface area contributed by atoms with Gasteiger partial charge in [0.25, 0.3) is 5.91 Å². The van der Waals surface area contributed by atoms with Crippen molar-refractivity contribution in [2.45, 2.75) is 64.1 Å². The van der Waals surface area contributed by atoms with Crippen molar-refractivity contribution in [2.24, 2.45) is 17.8 Å². The SMILES string of the molecule is COCC(N/C=C(/NC(=O)C(O[N-]C(C)(C)C)C(C1CC1)C1CC1)C(=N)F)/C(=C/C=N)C(=N)OC.[W]. The van der Waals surface area contributed by atoms with Crippen LogP contribution in [0.5, 0.6) is 0 Å². The molecule has 0 aliphatic heterocycles. The van der Waals surface area contributed by atoms with Crippen LogP contribution >= 0.6 is 0 Å². The Morgan fingerprint density at radius 1 is 1.17 bits per heavy atom. The fourth-order valence-electron chi connectivity index (χ4n) is 3.84. The monoisotopic (exact) mass is 677 g/mol. The predicted molar refractivity (Wildman–Crippen MR) is 132 cm³/mol. The van der Waals surface area contributed by atoms with E-state index < -0.39 is 29.6 Å². The number of hydroxylamine groups is 1. The average molecular weight is 677 g/mol. The zero-order chi connectivity index (χ0) is 26.2. The Balaban J connectivity index is 0.00000648. The van der Waals surface area contributed by atoms with Gasteiger partial charge in [-0.1, -0.05) is 20.8 Å². The maximum absolute atomic E-state index is 14.2. The molecule has 2 aliphatic rings. The largest absolute Gasteiger partial charge is 0.529 e. The van der Waals surface area contributed by atoms with Gasteiger partial charge in [-0.3, -0.25) is 15.6 Å². The van der Waals surface area contributed by atoms with Crippen LogP contribution in [0.15, 0.2) is 23.5 Å². The number of hydrogen-bond donors (Lipinski definition) is 5. The van der Waals surface area contributed by atoms with Gasteiger partial charge in [0, 0.05) is 46.2 Å². The molecule has 2 unspecified atom stereocenters. The second-order valence-electron chi connectivity index (χ2n) is 9.90. The minimum Gasteiger partial charge on any atom is -0.529 e. The number of carbonyl (C=O) groups is 1. The Hall–Kier alpha value is -1.94. The van der Waals surface area contributed by atoms with Gasteiger partial charge in [0.05, 0.1) is 19.8 Å². The normalized spacial score (nSPS) is 18.1. The van der Waals surface area contributed by atoms with Gasteiger partial charge >= 0.3 is 0 Å². The molecule has 0 spiro atoms. The molecule has 36 heavy (non-hydrogen) atoms. The third-order valence-electron chi connectivity index (χ3n) is 5.74. The molecule has 2 aliphatic carbocycles. The van der Waals surface area contributed by atoms with Crippen molar-refractivity contribution in [1.29, 1.82) is 16.2 Å². The maximum Gasteiger partial charge on any atom is 0.252 e. The zero-order valence-electron chi connectivity index (χ0n) is 21.5. The quantitative estimate of drug-likeness (QED) is 0.102. The first-order valence-electron chi connectivity index (χ1n) is 11.7. The Labute approximate surface area is 226 Å². The minimum atomic E-state index is -1.35. The van der Waals surface area contributed by atoms with Gasteiger partial charge in [-0.05, 0) is 49.5 Å². The summed E-state index contributed by atoms with van der Waals surface area (Å²) in [6.45, 7) is 5.66. The van der Waals surface area contributed by atoms with E-state index in [0.717, 1.165) is 38.1 Å². The number of nitrogens with one attached hydrogen (secondary N) is 5. The number of carbonyl (C=O) groups excluding carboxylic acids is 1. The molecule has 0 bridgehead atoms. The van der Waals surface area contributed by atoms with Crippen LogP contribution < -0.4 is 10.6 Å². The van der Waals surface area contributed by atoms with E-state index in [0.29, 0.717) is 11.8 Å². The standard InChI is InChI=1S/C24H38FN6O4.W/c1-24(2,3)31-35-20(19(14-6-7-14)15-8-9-15)23(32)30-17(21(25)27)12-29-18(13-33-4)16(10-11-26)22(28)34-5;/h10-12,14-15,18-20,26-29H,6-9,13H2,1-5H3,(H,30,32);/q-1;/b16-10-,17-12+,26-11?,27-21?,28-22?;. The summed E-state index contributed by atoms with van der Waals surface area (Å²) in [5.41, 5.74) is 3.60. The summed E-state index contributed by atoms with van der Waals surface area (Å²) >= 11 is 0. The number of methoxy groups -OCH3 is 2.